The third-order valence-electron chi connectivity index (χ3n) is 4.31. The highest BCUT2D eigenvalue weighted by Gasteiger charge is 2.26. The zero-order valence-corrected chi connectivity index (χ0v) is 12.3. The van der Waals surface area contributed by atoms with E-state index < -0.39 is 0 Å². The van der Waals surface area contributed by atoms with Gasteiger partial charge in [-0.1, -0.05) is 66.7 Å². The van der Waals surface area contributed by atoms with Crippen LogP contribution in [0.3, 0.4) is 0 Å². The molecule has 1 nitrogen and oxygen atoms in total. The van der Waals surface area contributed by atoms with Crippen LogP contribution >= 0.6 is 0 Å². The van der Waals surface area contributed by atoms with Crippen molar-refractivity contribution < 1.29 is 4.79 Å². The van der Waals surface area contributed by atoms with Crippen LogP contribution in [0.4, 0.5) is 0 Å². The lowest BCUT2D eigenvalue weighted by Gasteiger charge is -2.24. The Labute approximate surface area is 130 Å². The number of Topliss-reactive ketones (excluding diaryl/α,β-unsaturated/α-hetero) is 1. The minimum Gasteiger partial charge on any atom is -0.289 e. The maximum absolute atomic E-state index is 12.7. The van der Waals surface area contributed by atoms with Crippen molar-refractivity contribution >= 4 is 11.9 Å². The summed E-state index contributed by atoms with van der Waals surface area (Å²) >= 11 is 0. The molecule has 0 N–H and O–H groups in total. The first kappa shape index (κ1) is 13.0. The van der Waals surface area contributed by atoms with Crippen LogP contribution < -0.4 is 0 Å². The van der Waals surface area contributed by atoms with Crippen LogP contribution in [0.25, 0.3) is 6.08 Å². The molecule has 2 aliphatic rings. The van der Waals surface area contributed by atoms with Crippen LogP contribution in [0.15, 0.2) is 83.5 Å². The lowest BCUT2D eigenvalue weighted by atomic mass is 9.79. The first-order chi connectivity index (χ1) is 10.8. The molecule has 0 saturated carbocycles. The molecule has 0 unspecified atom stereocenters. The molecule has 106 valence electrons. The fraction of sp³-hybridized carbons (Fsp3) is 0.0952. The Kier molecular flexibility index (Phi) is 3.12. The van der Waals surface area contributed by atoms with Crippen LogP contribution in [0, 0.1) is 0 Å². The van der Waals surface area contributed by atoms with E-state index in [-0.39, 0.29) is 5.78 Å². The molecule has 0 radical (unpaired) electrons. The molecule has 2 aromatic rings. The normalized spacial score (nSPS) is 16.2. The molecule has 2 aromatic carbocycles. The van der Waals surface area contributed by atoms with Gasteiger partial charge in [0.1, 0.15) is 0 Å². The first-order valence-corrected chi connectivity index (χ1v) is 7.62. The van der Waals surface area contributed by atoms with Crippen molar-refractivity contribution in [3.63, 3.8) is 0 Å². The van der Waals surface area contributed by atoms with Gasteiger partial charge in [-0.25, -0.2) is 0 Å². The van der Waals surface area contributed by atoms with Crippen LogP contribution in [-0.2, 0) is 6.42 Å². The highest BCUT2D eigenvalue weighted by Crippen LogP contribution is 2.36. The Balaban J connectivity index is 1.77. The van der Waals surface area contributed by atoms with E-state index in [2.05, 4.69) is 42.5 Å². The number of rotatable bonds is 2. The molecule has 0 fully saturated rings. The Hall–Kier alpha value is -2.67. The van der Waals surface area contributed by atoms with Gasteiger partial charge in [0.15, 0.2) is 5.78 Å². The van der Waals surface area contributed by atoms with Gasteiger partial charge >= 0.3 is 0 Å². The summed E-state index contributed by atoms with van der Waals surface area (Å²) in [6.45, 7) is 0. The number of carbonyl (C=O) groups excluding carboxylic acids is 1. The molecule has 1 heteroatoms. The number of allylic oxidation sites excluding steroid dienone is 5. The Morgan fingerprint density at radius 3 is 2.45 bits per heavy atom. The zero-order valence-electron chi connectivity index (χ0n) is 12.3. The molecule has 0 saturated heterocycles. The Bertz CT molecular complexity index is 835. The molecule has 0 heterocycles. The van der Waals surface area contributed by atoms with E-state index in [1.165, 1.54) is 11.1 Å². The maximum Gasteiger partial charge on any atom is 0.193 e. The standard InChI is InChI=1S/C21H16O/c22-21-18-11-5-4-9-17(18)14-20-16(10-6-12-19(20)21)13-15-7-2-1-3-8-15/h1-5,7-12,14H,6,13H2. The van der Waals surface area contributed by atoms with Crippen LogP contribution in [0.1, 0.15) is 27.9 Å². The second kappa shape index (κ2) is 5.27. The van der Waals surface area contributed by atoms with Gasteiger partial charge in [0.2, 0.25) is 0 Å². The van der Waals surface area contributed by atoms with Gasteiger partial charge in [0.25, 0.3) is 0 Å². The van der Waals surface area contributed by atoms with E-state index in [0.29, 0.717) is 0 Å². The van der Waals surface area contributed by atoms with E-state index in [4.69, 9.17) is 0 Å². The van der Waals surface area contributed by atoms with Crippen LogP contribution in [0.5, 0.6) is 0 Å². The smallest absolute Gasteiger partial charge is 0.193 e. The summed E-state index contributed by atoms with van der Waals surface area (Å²) in [5.41, 5.74) is 6.35. The minimum atomic E-state index is 0.159. The maximum atomic E-state index is 12.7. The molecule has 2 aliphatic carbocycles. The van der Waals surface area contributed by atoms with E-state index in [1.807, 2.05) is 30.3 Å². The fourth-order valence-corrected chi connectivity index (χ4v) is 3.21. The molecule has 0 spiro atoms. The predicted octanol–water partition coefficient (Wildman–Crippen LogP) is 4.77. The van der Waals surface area contributed by atoms with E-state index in [1.54, 1.807) is 0 Å². The largest absolute Gasteiger partial charge is 0.289 e. The third kappa shape index (κ3) is 2.15. The van der Waals surface area contributed by atoms with Gasteiger partial charge in [0, 0.05) is 11.1 Å². The lowest BCUT2D eigenvalue weighted by molar-refractivity contribution is 0.103. The van der Waals surface area contributed by atoms with Crippen molar-refractivity contribution in [1.82, 2.24) is 0 Å². The van der Waals surface area contributed by atoms with Crippen molar-refractivity contribution in [2.24, 2.45) is 0 Å². The fourth-order valence-electron chi connectivity index (χ4n) is 3.21. The number of hydrogen-bond donors (Lipinski definition) is 0. The Morgan fingerprint density at radius 1 is 0.818 bits per heavy atom. The molecule has 0 bridgehead atoms. The summed E-state index contributed by atoms with van der Waals surface area (Å²) in [5, 5.41) is 0. The van der Waals surface area contributed by atoms with Crippen LogP contribution in [0.2, 0.25) is 0 Å². The van der Waals surface area contributed by atoms with Crippen LogP contribution in [-0.4, -0.2) is 5.78 Å². The van der Waals surface area contributed by atoms with Gasteiger partial charge in [-0.2, -0.15) is 0 Å². The SMILES string of the molecule is O=C1C2=CCC=C(Cc3ccccc3)C2=Cc2ccccc21. The Morgan fingerprint density at radius 2 is 1.59 bits per heavy atom. The summed E-state index contributed by atoms with van der Waals surface area (Å²) < 4.78 is 0. The van der Waals surface area contributed by atoms with Crippen molar-refractivity contribution in [3.05, 3.63) is 100 Å². The molecule has 22 heavy (non-hydrogen) atoms. The van der Waals surface area contributed by atoms with Crippen molar-refractivity contribution in [2.75, 3.05) is 0 Å². The number of benzene rings is 2. The minimum absolute atomic E-state index is 0.159. The quantitative estimate of drug-likeness (QED) is 0.776. The molecule has 0 amide bonds. The van der Waals surface area contributed by atoms with Gasteiger partial charge in [-0.05, 0) is 41.2 Å². The zero-order chi connectivity index (χ0) is 14.9. The third-order valence-corrected chi connectivity index (χ3v) is 4.31. The highest BCUT2D eigenvalue weighted by atomic mass is 16.1. The highest BCUT2D eigenvalue weighted by molar-refractivity contribution is 6.17. The number of hydrogen-bond acceptors (Lipinski definition) is 1. The van der Waals surface area contributed by atoms with Crippen molar-refractivity contribution in [2.45, 2.75) is 12.8 Å². The molecule has 0 aliphatic heterocycles. The summed E-state index contributed by atoms with van der Waals surface area (Å²) in [6.07, 6.45) is 8.17. The summed E-state index contributed by atoms with van der Waals surface area (Å²) in [5.74, 6) is 0.159. The number of carbonyl (C=O) groups is 1. The average Bonchev–Trinajstić information content (AvgIpc) is 2.57. The van der Waals surface area contributed by atoms with E-state index in [0.717, 1.165) is 35.1 Å². The molecule has 4 rings (SSSR count). The van der Waals surface area contributed by atoms with Gasteiger partial charge in [0.05, 0.1) is 0 Å². The van der Waals surface area contributed by atoms with Crippen molar-refractivity contribution in [3.8, 4) is 0 Å². The van der Waals surface area contributed by atoms with Gasteiger partial charge in [-0.15, -0.1) is 0 Å². The van der Waals surface area contributed by atoms with Gasteiger partial charge in [-0.3, -0.25) is 4.79 Å². The predicted molar refractivity (Wildman–Crippen MR) is 89.7 cm³/mol. The topological polar surface area (TPSA) is 17.1 Å². The summed E-state index contributed by atoms with van der Waals surface area (Å²) in [7, 11) is 0. The first-order valence-electron chi connectivity index (χ1n) is 7.62. The monoisotopic (exact) mass is 284 g/mol. The number of fused-ring (bicyclic) bond motifs is 2. The second-order valence-electron chi connectivity index (χ2n) is 5.72. The summed E-state index contributed by atoms with van der Waals surface area (Å²) in [4.78, 5) is 12.7. The van der Waals surface area contributed by atoms with Gasteiger partial charge < -0.3 is 0 Å². The van der Waals surface area contributed by atoms with E-state index in [9.17, 15) is 4.79 Å². The molecule has 0 aromatic heterocycles. The van der Waals surface area contributed by atoms with E-state index >= 15 is 0 Å². The summed E-state index contributed by atoms with van der Waals surface area (Å²) in [6, 6.07) is 18.3. The molecular formula is C21H16O. The molecular weight excluding hydrogens is 268 g/mol. The lowest BCUT2D eigenvalue weighted by Crippen LogP contribution is -2.16. The second-order valence-corrected chi connectivity index (χ2v) is 5.72. The molecule has 0 atom stereocenters. The number of ketones is 1. The average molecular weight is 284 g/mol. The van der Waals surface area contributed by atoms with Crippen molar-refractivity contribution in [1.29, 1.82) is 0 Å².